The Morgan fingerprint density at radius 2 is 1.60 bits per heavy atom. The number of anilines is 1. The maximum atomic E-state index is 13.1. The number of hydrogen-bond acceptors (Lipinski definition) is 3. The van der Waals surface area contributed by atoms with Gasteiger partial charge in [0, 0.05) is 37.4 Å². The van der Waals surface area contributed by atoms with Crippen LogP contribution in [0.1, 0.15) is 10.4 Å². The molecule has 1 fully saturated rings. The van der Waals surface area contributed by atoms with Crippen molar-refractivity contribution in [3.63, 3.8) is 0 Å². The van der Waals surface area contributed by atoms with Crippen LogP contribution in [0.15, 0.2) is 79.1 Å². The highest BCUT2D eigenvalue weighted by atomic mass is 35.5. The fraction of sp³-hybridized carbons (Fsp3) is 0.167. The minimum Gasteiger partial charge on any atom is -0.367 e. The van der Waals surface area contributed by atoms with E-state index in [-0.39, 0.29) is 5.91 Å². The van der Waals surface area contributed by atoms with E-state index in [1.807, 2.05) is 82.3 Å². The number of amides is 1. The fourth-order valence-corrected chi connectivity index (χ4v) is 4.24. The van der Waals surface area contributed by atoms with E-state index in [2.05, 4.69) is 9.88 Å². The van der Waals surface area contributed by atoms with Crippen LogP contribution in [0, 0.1) is 0 Å². The number of carbonyl (C=O) groups excluding carboxylic acids is 1. The van der Waals surface area contributed by atoms with Crippen molar-refractivity contribution in [2.45, 2.75) is 0 Å². The number of imidazole rings is 1. The van der Waals surface area contributed by atoms with Gasteiger partial charge in [0.2, 0.25) is 0 Å². The third-order valence-corrected chi connectivity index (χ3v) is 5.91. The molecule has 1 aliphatic heterocycles. The Bertz CT molecular complexity index is 1200. The second-order valence-electron chi connectivity index (χ2n) is 7.38. The average Bonchev–Trinajstić information content (AvgIpc) is 3.23. The highest BCUT2D eigenvalue weighted by Gasteiger charge is 2.23. The second-order valence-corrected chi connectivity index (χ2v) is 7.79. The van der Waals surface area contributed by atoms with Crippen LogP contribution in [0.2, 0.25) is 5.02 Å². The molecule has 3 aromatic carbocycles. The van der Waals surface area contributed by atoms with E-state index in [0.29, 0.717) is 18.7 Å². The molecule has 4 aromatic rings. The number of halogens is 1. The summed E-state index contributed by atoms with van der Waals surface area (Å²) in [5.41, 5.74) is 4.56. The van der Waals surface area contributed by atoms with Gasteiger partial charge in [0.25, 0.3) is 5.91 Å². The lowest BCUT2D eigenvalue weighted by atomic mass is 10.1. The normalized spacial score (nSPS) is 14.3. The third kappa shape index (κ3) is 3.42. The lowest BCUT2D eigenvalue weighted by Crippen LogP contribution is -2.48. The van der Waals surface area contributed by atoms with Gasteiger partial charge in [-0.1, -0.05) is 41.9 Å². The molecule has 1 amide bonds. The molecule has 5 rings (SSSR count). The van der Waals surface area contributed by atoms with Crippen LogP contribution in [0.25, 0.3) is 16.7 Å². The van der Waals surface area contributed by atoms with Gasteiger partial charge >= 0.3 is 0 Å². The number of fused-ring (bicyclic) bond motifs is 1. The molecule has 1 aliphatic rings. The van der Waals surface area contributed by atoms with Crippen LogP contribution in [0.5, 0.6) is 0 Å². The average molecular weight is 417 g/mol. The topological polar surface area (TPSA) is 41.4 Å². The van der Waals surface area contributed by atoms with E-state index >= 15 is 0 Å². The Kier molecular flexibility index (Phi) is 4.89. The monoisotopic (exact) mass is 416 g/mol. The van der Waals surface area contributed by atoms with Crippen molar-refractivity contribution in [3.05, 3.63) is 89.7 Å². The summed E-state index contributed by atoms with van der Waals surface area (Å²) in [6.07, 6.45) is 1.80. The first-order valence-corrected chi connectivity index (χ1v) is 10.4. The zero-order valence-corrected chi connectivity index (χ0v) is 17.2. The van der Waals surface area contributed by atoms with Crippen LogP contribution < -0.4 is 4.90 Å². The molecule has 0 bridgehead atoms. The van der Waals surface area contributed by atoms with Gasteiger partial charge in [-0.2, -0.15) is 0 Å². The Morgan fingerprint density at radius 3 is 2.37 bits per heavy atom. The zero-order valence-electron chi connectivity index (χ0n) is 16.4. The lowest BCUT2D eigenvalue weighted by Gasteiger charge is -2.36. The molecular formula is C24H21ClN4O. The van der Waals surface area contributed by atoms with Crippen molar-refractivity contribution >= 4 is 34.2 Å². The highest BCUT2D eigenvalue weighted by molar-refractivity contribution is 6.33. The van der Waals surface area contributed by atoms with Gasteiger partial charge < -0.3 is 9.80 Å². The quantitative estimate of drug-likeness (QED) is 0.488. The summed E-state index contributed by atoms with van der Waals surface area (Å²) in [6.45, 7) is 2.86. The van der Waals surface area contributed by atoms with Crippen LogP contribution >= 0.6 is 11.6 Å². The van der Waals surface area contributed by atoms with Crippen molar-refractivity contribution in [2.24, 2.45) is 0 Å². The largest absolute Gasteiger partial charge is 0.367 e. The second kappa shape index (κ2) is 7.84. The van der Waals surface area contributed by atoms with Crippen molar-refractivity contribution < 1.29 is 4.79 Å². The first-order valence-electron chi connectivity index (χ1n) is 10.0. The Morgan fingerprint density at radius 1 is 0.867 bits per heavy atom. The number of aromatic nitrogens is 2. The number of rotatable bonds is 3. The van der Waals surface area contributed by atoms with Gasteiger partial charge in [0.1, 0.15) is 6.33 Å². The summed E-state index contributed by atoms with van der Waals surface area (Å²) in [4.78, 5) is 21.7. The van der Waals surface area contributed by atoms with Crippen LogP contribution in [0.4, 0.5) is 5.69 Å². The molecule has 2 heterocycles. The number of hydrogen-bond donors (Lipinski definition) is 0. The molecule has 6 heteroatoms. The number of piperazine rings is 1. The predicted molar refractivity (Wildman–Crippen MR) is 121 cm³/mol. The molecule has 0 spiro atoms. The van der Waals surface area contributed by atoms with Crippen molar-refractivity contribution in [3.8, 4) is 5.69 Å². The molecule has 1 aromatic heterocycles. The molecule has 150 valence electrons. The standard InChI is InChI=1S/C24H21ClN4O/c25-20-8-4-5-9-22(20)27-12-14-28(15-13-27)24(30)18-10-11-23-21(16-18)26-17-29(23)19-6-2-1-3-7-19/h1-11,16-17H,12-15H2. The van der Waals surface area contributed by atoms with Crippen molar-refractivity contribution in [2.75, 3.05) is 31.1 Å². The van der Waals surface area contributed by atoms with Crippen LogP contribution in [-0.4, -0.2) is 46.5 Å². The molecule has 0 saturated carbocycles. The fourth-order valence-electron chi connectivity index (χ4n) is 3.98. The first-order chi connectivity index (χ1) is 14.7. The van der Waals surface area contributed by atoms with E-state index < -0.39 is 0 Å². The molecule has 30 heavy (non-hydrogen) atoms. The van der Waals surface area contributed by atoms with E-state index in [1.165, 1.54) is 0 Å². The van der Waals surface area contributed by atoms with Crippen molar-refractivity contribution in [1.29, 1.82) is 0 Å². The maximum Gasteiger partial charge on any atom is 0.254 e. The molecule has 5 nitrogen and oxygen atoms in total. The lowest BCUT2D eigenvalue weighted by molar-refractivity contribution is 0.0747. The summed E-state index contributed by atoms with van der Waals surface area (Å²) in [7, 11) is 0. The summed E-state index contributed by atoms with van der Waals surface area (Å²) in [6, 6.07) is 23.7. The molecule has 0 radical (unpaired) electrons. The van der Waals surface area contributed by atoms with Gasteiger partial charge in [0.15, 0.2) is 0 Å². The van der Waals surface area contributed by atoms with Gasteiger partial charge in [-0.25, -0.2) is 4.98 Å². The minimum absolute atomic E-state index is 0.0463. The smallest absolute Gasteiger partial charge is 0.254 e. The number of benzene rings is 3. The zero-order chi connectivity index (χ0) is 20.5. The Balaban J connectivity index is 1.33. The van der Waals surface area contributed by atoms with E-state index in [9.17, 15) is 4.79 Å². The SMILES string of the molecule is O=C(c1ccc2c(c1)ncn2-c1ccccc1)N1CCN(c2ccccc2Cl)CC1. The van der Waals surface area contributed by atoms with E-state index in [1.54, 1.807) is 6.33 Å². The van der Waals surface area contributed by atoms with E-state index in [0.717, 1.165) is 40.5 Å². The van der Waals surface area contributed by atoms with Gasteiger partial charge in [-0.15, -0.1) is 0 Å². The van der Waals surface area contributed by atoms with Crippen LogP contribution in [0.3, 0.4) is 0 Å². The Hall–Kier alpha value is -3.31. The van der Waals surface area contributed by atoms with Gasteiger partial charge in [0.05, 0.1) is 21.7 Å². The predicted octanol–water partition coefficient (Wildman–Crippen LogP) is 4.64. The van der Waals surface area contributed by atoms with E-state index in [4.69, 9.17) is 11.6 Å². The Labute approximate surface area is 180 Å². The van der Waals surface area contributed by atoms with Gasteiger partial charge in [-0.05, 0) is 42.5 Å². The maximum absolute atomic E-state index is 13.1. The summed E-state index contributed by atoms with van der Waals surface area (Å²) < 4.78 is 2.03. The van der Waals surface area contributed by atoms with Crippen LogP contribution in [-0.2, 0) is 0 Å². The number of nitrogens with zero attached hydrogens (tertiary/aromatic N) is 4. The molecule has 0 atom stereocenters. The summed E-state index contributed by atoms with van der Waals surface area (Å²) in [5.74, 6) is 0.0463. The summed E-state index contributed by atoms with van der Waals surface area (Å²) >= 11 is 6.32. The minimum atomic E-state index is 0.0463. The first kappa shape index (κ1) is 18.7. The molecule has 1 saturated heterocycles. The highest BCUT2D eigenvalue weighted by Crippen LogP contribution is 2.26. The summed E-state index contributed by atoms with van der Waals surface area (Å²) in [5, 5.41) is 0.747. The van der Waals surface area contributed by atoms with Gasteiger partial charge in [-0.3, -0.25) is 9.36 Å². The molecular weight excluding hydrogens is 396 g/mol. The molecule has 0 aliphatic carbocycles. The third-order valence-electron chi connectivity index (χ3n) is 5.59. The molecule has 0 unspecified atom stereocenters. The van der Waals surface area contributed by atoms with Crippen molar-refractivity contribution in [1.82, 2.24) is 14.5 Å². The number of carbonyl (C=O) groups is 1. The number of para-hydroxylation sites is 2. The molecule has 0 N–H and O–H groups in total.